The average molecular weight is 237 g/mol. The molecule has 2 rings (SSSR count). The summed E-state index contributed by atoms with van der Waals surface area (Å²) in [6.07, 6.45) is 0. The number of hydrogen-bond acceptors (Lipinski definition) is 3. The van der Waals surface area contributed by atoms with Crippen LogP contribution in [0.25, 0.3) is 0 Å². The van der Waals surface area contributed by atoms with Crippen molar-refractivity contribution in [2.45, 2.75) is 19.9 Å². The van der Waals surface area contributed by atoms with Gasteiger partial charge in [0.2, 0.25) is 0 Å². The zero-order valence-electron chi connectivity index (χ0n) is 8.99. The van der Waals surface area contributed by atoms with Crippen molar-refractivity contribution in [1.29, 1.82) is 0 Å². The molecule has 0 spiro atoms. The SMILES string of the molecule is CCNC(c1ccsc1)c1cscc1C. The molecule has 1 N–H and O–H groups in total. The van der Waals surface area contributed by atoms with E-state index in [1.807, 2.05) is 0 Å². The molecule has 0 aliphatic rings. The Hall–Kier alpha value is -0.640. The first-order valence-corrected chi connectivity index (χ1v) is 6.99. The molecule has 0 bridgehead atoms. The van der Waals surface area contributed by atoms with Crippen molar-refractivity contribution in [2.24, 2.45) is 0 Å². The standard InChI is InChI=1S/C12H15NS2/c1-3-13-12(10-4-5-14-7-10)11-8-15-6-9(11)2/h4-8,12-13H,3H2,1-2H3. The Morgan fingerprint density at radius 1 is 1.27 bits per heavy atom. The minimum atomic E-state index is 0.368. The summed E-state index contributed by atoms with van der Waals surface area (Å²) in [5.41, 5.74) is 4.18. The molecule has 2 aromatic heterocycles. The monoisotopic (exact) mass is 237 g/mol. The highest BCUT2D eigenvalue weighted by Gasteiger charge is 2.15. The molecule has 15 heavy (non-hydrogen) atoms. The van der Waals surface area contributed by atoms with E-state index in [1.54, 1.807) is 22.7 Å². The van der Waals surface area contributed by atoms with Gasteiger partial charge < -0.3 is 5.32 Å². The van der Waals surface area contributed by atoms with Crippen molar-refractivity contribution in [3.05, 3.63) is 44.3 Å². The van der Waals surface area contributed by atoms with E-state index in [4.69, 9.17) is 0 Å². The second-order valence-corrected chi connectivity index (χ2v) is 5.08. The molecule has 1 atom stereocenters. The smallest absolute Gasteiger partial charge is 0.0595 e. The predicted molar refractivity (Wildman–Crippen MR) is 68.9 cm³/mol. The Kier molecular flexibility index (Phi) is 3.57. The van der Waals surface area contributed by atoms with Crippen LogP contribution in [0.15, 0.2) is 27.6 Å². The summed E-state index contributed by atoms with van der Waals surface area (Å²) in [4.78, 5) is 0. The molecular formula is C12H15NS2. The maximum Gasteiger partial charge on any atom is 0.0595 e. The molecule has 0 amide bonds. The molecule has 2 aromatic rings. The van der Waals surface area contributed by atoms with Gasteiger partial charge in [0.05, 0.1) is 6.04 Å². The van der Waals surface area contributed by atoms with Gasteiger partial charge in [-0.25, -0.2) is 0 Å². The molecule has 0 aliphatic heterocycles. The fourth-order valence-corrected chi connectivity index (χ4v) is 3.28. The van der Waals surface area contributed by atoms with Gasteiger partial charge in [-0.15, -0.1) is 0 Å². The van der Waals surface area contributed by atoms with Crippen LogP contribution in [-0.2, 0) is 0 Å². The van der Waals surface area contributed by atoms with Crippen molar-refractivity contribution in [2.75, 3.05) is 6.54 Å². The third-order valence-corrected chi connectivity index (χ3v) is 4.07. The molecule has 0 aromatic carbocycles. The zero-order valence-corrected chi connectivity index (χ0v) is 10.6. The van der Waals surface area contributed by atoms with E-state index in [2.05, 4.69) is 46.8 Å². The summed E-state index contributed by atoms with van der Waals surface area (Å²) in [5, 5.41) is 12.4. The van der Waals surface area contributed by atoms with Crippen LogP contribution in [-0.4, -0.2) is 6.54 Å². The first kappa shape index (κ1) is 10.9. The van der Waals surface area contributed by atoms with Gasteiger partial charge in [0.1, 0.15) is 0 Å². The molecular weight excluding hydrogens is 222 g/mol. The highest BCUT2D eigenvalue weighted by molar-refractivity contribution is 7.08. The summed E-state index contributed by atoms with van der Waals surface area (Å²) in [7, 11) is 0. The van der Waals surface area contributed by atoms with E-state index in [1.165, 1.54) is 16.7 Å². The van der Waals surface area contributed by atoms with E-state index in [-0.39, 0.29) is 0 Å². The average Bonchev–Trinajstić information content (AvgIpc) is 2.85. The van der Waals surface area contributed by atoms with Crippen LogP contribution in [0.2, 0.25) is 0 Å². The van der Waals surface area contributed by atoms with Crippen molar-refractivity contribution >= 4 is 22.7 Å². The normalized spacial score (nSPS) is 12.9. The fourth-order valence-electron chi connectivity index (χ4n) is 1.72. The van der Waals surface area contributed by atoms with Gasteiger partial charge >= 0.3 is 0 Å². The quantitative estimate of drug-likeness (QED) is 0.852. The van der Waals surface area contributed by atoms with Crippen molar-refractivity contribution in [3.8, 4) is 0 Å². The molecule has 0 aliphatic carbocycles. The summed E-state index contributed by atoms with van der Waals surface area (Å²) in [6, 6.07) is 2.57. The molecule has 3 heteroatoms. The van der Waals surface area contributed by atoms with Gasteiger partial charge in [-0.3, -0.25) is 0 Å². The lowest BCUT2D eigenvalue weighted by Crippen LogP contribution is -2.21. The van der Waals surface area contributed by atoms with Gasteiger partial charge in [-0.2, -0.15) is 22.7 Å². The van der Waals surface area contributed by atoms with E-state index < -0.39 is 0 Å². The zero-order chi connectivity index (χ0) is 10.7. The minimum Gasteiger partial charge on any atom is -0.306 e. The molecule has 0 saturated carbocycles. The van der Waals surface area contributed by atoms with Gasteiger partial charge in [-0.05, 0) is 57.7 Å². The Morgan fingerprint density at radius 2 is 2.13 bits per heavy atom. The maximum atomic E-state index is 3.54. The van der Waals surface area contributed by atoms with Crippen molar-refractivity contribution in [1.82, 2.24) is 5.32 Å². The fraction of sp³-hybridized carbons (Fsp3) is 0.333. The lowest BCUT2D eigenvalue weighted by molar-refractivity contribution is 0.631. The second-order valence-electron chi connectivity index (χ2n) is 3.56. The van der Waals surface area contributed by atoms with Gasteiger partial charge in [0, 0.05) is 0 Å². The Bertz CT molecular complexity index is 403. The molecule has 0 fully saturated rings. The van der Waals surface area contributed by atoms with Gasteiger partial charge in [0.15, 0.2) is 0 Å². The Balaban J connectivity index is 2.32. The van der Waals surface area contributed by atoms with Gasteiger partial charge in [-0.1, -0.05) is 6.92 Å². The van der Waals surface area contributed by atoms with Crippen molar-refractivity contribution in [3.63, 3.8) is 0 Å². The molecule has 2 heterocycles. The Labute approximate surface area is 98.8 Å². The van der Waals surface area contributed by atoms with Crippen LogP contribution in [0.5, 0.6) is 0 Å². The highest BCUT2D eigenvalue weighted by atomic mass is 32.1. The van der Waals surface area contributed by atoms with Crippen LogP contribution in [0.1, 0.15) is 29.7 Å². The maximum absolute atomic E-state index is 3.54. The van der Waals surface area contributed by atoms with Crippen molar-refractivity contribution < 1.29 is 0 Å². The first-order valence-electron chi connectivity index (χ1n) is 5.11. The Morgan fingerprint density at radius 3 is 2.67 bits per heavy atom. The summed E-state index contributed by atoms with van der Waals surface area (Å²) in [5.74, 6) is 0. The summed E-state index contributed by atoms with van der Waals surface area (Å²) in [6.45, 7) is 5.33. The number of rotatable bonds is 4. The van der Waals surface area contributed by atoms with Crippen LogP contribution in [0.3, 0.4) is 0 Å². The van der Waals surface area contributed by atoms with Gasteiger partial charge in [0.25, 0.3) is 0 Å². The van der Waals surface area contributed by atoms with Crippen LogP contribution in [0, 0.1) is 6.92 Å². The van der Waals surface area contributed by atoms with Crippen LogP contribution in [0.4, 0.5) is 0 Å². The number of aryl methyl sites for hydroxylation is 1. The number of hydrogen-bond donors (Lipinski definition) is 1. The van der Waals surface area contributed by atoms with Crippen LogP contribution < -0.4 is 5.32 Å². The van der Waals surface area contributed by atoms with E-state index in [0.717, 1.165) is 6.54 Å². The second kappa shape index (κ2) is 4.92. The lowest BCUT2D eigenvalue weighted by atomic mass is 10.0. The topological polar surface area (TPSA) is 12.0 Å². The summed E-state index contributed by atoms with van der Waals surface area (Å²) < 4.78 is 0. The largest absolute Gasteiger partial charge is 0.306 e. The molecule has 1 nitrogen and oxygen atoms in total. The van der Waals surface area contributed by atoms with Crippen LogP contribution >= 0.6 is 22.7 Å². The molecule has 1 unspecified atom stereocenters. The first-order chi connectivity index (χ1) is 7.33. The molecule has 0 radical (unpaired) electrons. The lowest BCUT2D eigenvalue weighted by Gasteiger charge is -2.16. The minimum absolute atomic E-state index is 0.368. The number of nitrogens with one attached hydrogen (secondary N) is 1. The van der Waals surface area contributed by atoms with E-state index in [0.29, 0.717) is 6.04 Å². The predicted octanol–water partition coefficient (Wildman–Crippen LogP) is 3.82. The molecule has 80 valence electrons. The summed E-state index contributed by atoms with van der Waals surface area (Å²) >= 11 is 3.54. The molecule has 0 saturated heterocycles. The third kappa shape index (κ3) is 2.30. The van der Waals surface area contributed by atoms with E-state index in [9.17, 15) is 0 Å². The number of thiophene rings is 2. The third-order valence-electron chi connectivity index (χ3n) is 2.49. The van der Waals surface area contributed by atoms with E-state index >= 15 is 0 Å². The highest BCUT2D eigenvalue weighted by Crippen LogP contribution is 2.28.